The first-order chi connectivity index (χ1) is 8.74. The zero-order valence-electron chi connectivity index (χ0n) is 10.4. The third-order valence-corrected chi connectivity index (χ3v) is 3.59. The summed E-state index contributed by atoms with van der Waals surface area (Å²) in [5, 5.41) is 0. The Morgan fingerprint density at radius 3 is 2.78 bits per heavy atom. The molecule has 0 aromatic heterocycles. The van der Waals surface area contributed by atoms with Crippen LogP contribution < -0.4 is 4.74 Å². The number of halogens is 1. The molecule has 1 heterocycles. The van der Waals surface area contributed by atoms with Gasteiger partial charge in [0.25, 0.3) is 0 Å². The summed E-state index contributed by atoms with van der Waals surface area (Å²) in [7, 11) is 0. The van der Waals surface area contributed by atoms with Crippen LogP contribution in [0.5, 0.6) is 5.75 Å². The molecule has 0 spiro atoms. The van der Waals surface area contributed by atoms with Crippen LogP contribution in [0.15, 0.2) is 28.7 Å². The molecule has 0 atom stereocenters. The Kier molecular flexibility index (Phi) is 5.20. The van der Waals surface area contributed by atoms with E-state index in [1.54, 1.807) is 0 Å². The molecule has 2 rings (SSSR count). The lowest BCUT2D eigenvalue weighted by atomic mass is 10.1. The van der Waals surface area contributed by atoms with Gasteiger partial charge in [0.2, 0.25) is 0 Å². The Morgan fingerprint density at radius 2 is 2.06 bits per heavy atom. The molecule has 3 nitrogen and oxygen atoms in total. The van der Waals surface area contributed by atoms with E-state index in [0.29, 0.717) is 18.6 Å². The fourth-order valence-electron chi connectivity index (χ4n) is 2.06. The highest BCUT2D eigenvalue weighted by Gasteiger charge is 2.15. The maximum Gasteiger partial charge on any atom is 0.135 e. The van der Waals surface area contributed by atoms with Crippen molar-refractivity contribution in [3.05, 3.63) is 28.7 Å². The lowest BCUT2D eigenvalue weighted by Crippen LogP contribution is -2.34. The first-order valence-corrected chi connectivity index (χ1v) is 7.16. The molecule has 1 aliphatic heterocycles. The molecule has 0 bridgehead atoms. The topological polar surface area (TPSA) is 29.5 Å². The number of carbonyl (C=O) groups excluding carboxylic acids is 1. The van der Waals surface area contributed by atoms with Crippen molar-refractivity contribution in [3.8, 4) is 5.75 Å². The Balaban J connectivity index is 1.63. The van der Waals surface area contributed by atoms with Crippen molar-refractivity contribution in [3.63, 3.8) is 0 Å². The van der Waals surface area contributed by atoms with E-state index in [0.717, 1.165) is 42.9 Å². The van der Waals surface area contributed by atoms with Crippen LogP contribution in [0, 0.1) is 0 Å². The van der Waals surface area contributed by atoms with Crippen molar-refractivity contribution < 1.29 is 9.53 Å². The molecule has 0 saturated carbocycles. The highest BCUT2D eigenvalue weighted by molar-refractivity contribution is 9.10. The maximum atomic E-state index is 11.1. The summed E-state index contributed by atoms with van der Waals surface area (Å²) < 4.78 is 6.71. The number of likely N-dealkylation sites (tertiary alicyclic amines) is 1. The molecule has 4 heteroatoms. The van der Waals surface area contributed by atoms with Gasteiger partial charge in [0.1, 0.15) is 11.5 Å². The van der Waals surface area contributed by atoms with Crippen LogP contribution in [0.4, 0.5) is 0 Å². The van der Waals surface area contributed by atoms with E-state index in [9.17, 15) is 4.79 Å². The van der Waals surface area contributed by atoms with Crippen molar-refractivity contribution in [2.75, 3.05) is 26.2 Å². The van der Waals surface area contributed by atoms with Gasteiger partial charge in [-0.25, -0.2) is 0 Å². The van der Waals surface area contributed by atoms with E-state index in [4.69, 9.17) is 4.74 Å². The number of piperidine rings is 1. The summed E-state index contributed by atoms with van der Waals surface area (Å²) in [6.07, 6.45) is 2.43. The van der Waals surface area contributed by atoms with E-state index < -0.39 is 0 Å². The first-order valence-electron chi connectivity index (χ1n) is 6.36. The molecular weight excluding hydrogens is 294 g/mol. The Bertz CT molecular complexity index is 399. The van der Waals surface area contributed by atoms with Crippen molar-refractivity contribution in [2.24, 2.45) is 0 Å². The van der Waals surface area contributed by atoms with Gasteiger partial charge in [0.05, 0.1) is 6.61 Å². The second kappa shape index (κ2) is 6.90. The van der Waals surface area contributed by atoms with Crippen LogP contribution in [-0.2, 0) is 4.79 Å². The molecule has 0 aliphatic carbocycles. The number of nitrogens with zero attached hydrogens (tertiary/aromatic N) is 1. The van der Waals surface area contributed by atoms with Crippen molar-refractivity contribution >= 4 is 21.7 Å². The second-order valence-corrected chi connectivity index (χ2v) is 5.46. The second-order valence-electron chi connectivity index (χ2n) is 4.54. The van der Waals surface area contributed by atoms with Crippen LogP contribution in [0.25, 0.3) is 0 Å². The summed E-state index contributed by atoms with van der Waals surface area (Å²) in [5.41, 5.74) is 0. The van der Waals surface area contributed by atoms with Crippen molar-refractivity contribution in [2.45, 2.75) is 19.3 Å². The predicted octanol–water partition coefficient (Wildman–Crippen LogP) is 2.88. The molecule has 1 aromatic rings. The normalized spacial score (nSPS) is 16.8. The molecule has 98 valence electrons. The minimum Gasteiger partial charge on any atom is -0.494 e. The smallest absolute Gasteiger partial charge is 0.135 e. The Morgan fingerprint density at radius 1 is 1.28 bits per heavy atom. The third kappa shape index (κ3) is 4.42. The lowest BCUT2D eigenvalue weighted by molar-refractivity contribution is -0.121. The molecule has 1 aromatic carbocycles. The van der Waals surface area contributed by atoms with Crippen LogP contribution >= 0.6 is 15.9 Å². The monoisotopic (exact) mass is 311 g/mol. The summed E-state index contributed by atoms with van der Waals surface area (Å²) in [5.74, 6) is 1.30. The highest BCUT2D eigenvalue weighted by Crippen LogP contribution is 2.17. The predicted molar refractivity (Wildman–Crippen MR) is 74.9 cm³/mol. The zero-order valence-corrected chi connectivity index (χ0v) is 12.0. The summed E-state index contributed by atoms with van der Waals surface area (Å²) in [6, 6.07) is 7.89. The van der Waals surface area contributed by atoms with Crippen LogP contribution in [0.1, 0.15) is 19.3 Å². The van der Waals surface area contributed by atoms with E-state index in [2.05, 4.69) is 20.8 Å². The van der Waals surface area contributed by atoms with Gasteiger partial charge in [-0.2, -0.15) is 0 Å². The minimum atomic E-state index is 0.400. The SMILES string of the molecule is O=C1CCN(CCCOc2cccc(Br)c2)CC1. The van der Waals surface area contributed by atoms with Gasteiger partial charge in [-0.1, -0.05) is 22.0 Å². The first kappa shape index (κ1) is 13.6. The van der Waals surface area contributed by atoms with Gasteiger partial charge in [-0.05, 0) is 24.6 Å². The third-order valence-electron chi connectivity index (χ3n) is 3.10. The van der Waals surface area contributed by atoms with E-state index in [-0.39, 0.29) is 0 Å². The van der Waals surface area contributed by atoms with Gasteiger partial charge in [-0.3, -0.25) is 4.79 Å². The molecule has 18 heavy (non-hydrogen) atoms. The fourth-order valence-corrected chi connectivity index (χ4v) is 2.44. The number of ketones is 1. The Labute approximate surface area is 116 Å². The summed E-state index contributed by atoms with van der Waals surface area (Å²) >= 11 is 3.42. The van der Waals surface area contributed by atoms with Gasteiger partial charge in [-0.15, -0.1) is 0 Å². The number of Topliss-reactive ketones (excluding diaryl/α,β-unsaturated/α-hetero) is 1. The molecule has 1 aliphatic rings. The standard InChI is InChI=1S/C14H18BrNO2/c15-12-3-1-4-14(11-12)18-10-2-7-16-8-5-13(17)6-9-16/h1,3-4,11H,2,5-10H2. The van der Waals surface area contributed by atoms with E-state index >= 15 is 0 Å². The van der Waals surface area contributed by atoms with Crippen molar-refractivity contribution in [1.29, 1.82) is 0 Å². The largest absolute Gasteiger partial charge is 0.494 e. The molecular formula is C14H18BrNO2. The number of benzene rings is 1. The van der Waals surface area contributed by atoms with Crippen molar-refractivity contribution in [1.82, 2.24) is 4.90 Å². The zero-order chi connectivity index (χ0) is 12.8. The maximum absolute atomic E-state index is 11.1. The van der Waals surface area contributed by atoms with Gasteiger partial charge >= 0.3 is 0 Å². The molecule has 1 fully saturated rings. The fraction of sp³-hybridized carbons (Fsp3) is 0.500. The van der Waals surface area contributed by atoms with Gasteiger partial charge < -0.3 is 9.64 Å². The van der Waals surface area contributed by atoms with E-state index in [1.165, 1.54) is 0 Å². The van der Waals surface area contributed by atoms with Crippen LogP contribution in [0.3, 0.4) is 0 Å². The quantitative estimate of drug-likeness (QED) is 0.783. The van der Waals surface area contributed by atoms with E-state index in [1.807, 2.05) is 24.3 Å². The van der Waals surface area contributed by atoms with Gasteiger partial charge in [0, 0.05) is 36.9 Å². The summed E-state index contributed by atoms with van der Waals surface area (Å²) in [6.45, 7) is 3.56. The lowest BCUT2D eigenvalue weighted by Gasteiger charge is -2.25. The molecule has 0 amide bonds. The number of carbonyl (C=O) groups is 1. The molecule has 0 unspecified atom stereocenters. The number of rotatable bonds is 5. The van der Waals surface area contributed by atoms with Gasteiger partial charge in [0.15, 0.2) is 0 Å². The van der Waals surface area contributed by atoms with Crippen LogP contribution in [-0.4, -0.2) is 36.9 Å². The molecule has 0 radical (unpaired) electrons. The van der Waals surface area contributed by atoms with Crippen LogP contribution in [0.2, 0.25) is 0 Å². The average molecular weight is 312 g/mol. The number of hydrogen-bond donors (Lipinski definition) is 0. The highest BCUT2D eigenvalue weighted by atomic mass is 79.9. The summed E-state index contributed by atoms with van der Waals surface area (Å²) in [4.78, 5) is 13.4. The average Bonchev–Trinajstić information content (AvgIpc) is 2.37. The molecule has 0 N–H and O–H groups in total. The minimum absolute atomic E-state index is 0.400. The Hall–Kier alpha value is -0.870. The molecule has 1 saturated heterocycles. The number of hydrogen-bond acceptors (Lipinski definition) is 3. The number of ether oxygens (including phenoxy) is 1.